The summed E-state index contributed by atoms with van der Waals surface area (Å²) in [6.07, 6.45) is 3.24. The number of rotatable bonds is 9. The summed E-state index contributed by atoms with van der Waals surface area (Å²) < 4.78 is 12.2. The fourth-order valence-electron chi connectivity index (χ4n) is 2.69. The predicted octanol–water partition coefficient (Wildman–Crippen LogP) is 3.34. The molecule has 0 radical (unpaired) electrons. The average molecular weight is 412 g/mol. The van der Waals surface area contributed by atoms with Gasteiger partial charge in [0.2, 0.25) is 0 Å². The SMILES string of the molecule is CCNC(=NCc1cccc(Br)c1)NCCCOCC1CCOCC1. The van der Waals surface area contributed by atoms with Crippen LogP contribution in [0.4, 0.5) is 0 Å². The first kappa shape index (κ1) is 20.2. The molecule has 5 nitrogen and oxygen atoms in total. The van der Waals surface area contributed by atoms with Gasteiger partial charge in [-0.2, -0.15) is 0 Å². The van der Waals surface area contributed by atoms with Gasteiger partial charge >= 0.3 is 0 Å². The predicted molar refractivity (Wildman–Crippen MR) is 106 cm³/mol. The zero-order valence-electron chi connectivity index (χ0n) is 15.1. The first-order chi connectivity index (χ1) is 12.3. The van der Waals surface area contributed by atoms with Crippen LogP contribution < -0.4 is 10.6 Å². The normalized spacial score (nSPS) is 16.0. The van der Waals surface area contributed by atoms with Gasteiger partial charge in [0.15, 0.2) is 5.96 Å². The maximum atomic E-state index is 5.80. The maximum Gasteiger partial charge on any atom is 0.191 e. The van der Waals surface area contributed by atoms with Crippen molar-refractivity contribution >= 4 is 21.9 Å². The van der Waals surface area contributed by atoms with Crippen LogP contribution in [-0.2, 0) is 16.0 Å². The molecule has 2 N–H and O–H groups in total. The Morgan fingerprint density at radius 3 is 2.92 bits per heavy atom. The van der Waals surface area contributed by atoms with Crippen molar-refractivity contribution in [2.75, 3.05) is 39.5 Å². The molecule has 1 aliphatic heterocycles. The second-order valence-electron chi connectivity index (χ2n) is 6.24. The van der Waals surface area contributed by atoms with E-state index in [-0.39, 0.29) is 0 Å². The third-order valence-corrected chi connectivity index (χ3v) is 4.60. The highest BCUT2D eigenvalue weighted by Gasteiger charge is 2.13. The first-order valence-corrected chi connectivity index (χ1v) is 9.99. The number of guanidine groups is 1. The van der Waals surface area contributed by atoms with Crippen molar-refractivity contribution < 1.29 is 9.47 Å². The molecule has 0 aromatic heterocycles. The summed E-state index contributed by atoms with van der Waals surface area (Å²) in [5.41, 5.74) is 1.19. The van der Waals surface area contributed by atoms with E-state index in [1.807, 2.05) is 12.1 Å². The smallest absolute Gasteiger partial charge is 0.191 e. The van der Waals surface area contributed by atoms with E-state index in [1.54, 1.807) is 0 Å². The monoisotopic (exact) mass is 411 g/mol. The number of halogens is 1. The van der Waals surface area contributed by atoms with Crippen molar-refractivity contribution in [1.29, 1.82) is 0 Å². The van der Waals surface area contributed by atoms with Crippen molar-refractivity contribution in [2.24, 2.45) is 10.9 Å². The Morgan fingerprint density at radius 1 is 1.32 bits per heavy atom. The molecule has 6 heteroatoms. The number of nitrogens with zero attached hydrogens (tertiary/aromatic N) is 1. The highest BCUT2D eigenvalue weighted by molar-refractivity contribution is 9.10. The molecular weight excluding hydrogens is 382 g/mol. The molecular formula is C19H30BrN3O2. The minimum Gasteiger partial charge on any atom is -0.381 e. The van der Waals surface area contributed by atoms with Gasteiger partial charge in [-0.15, -0.1) is 0 Å². The van der Waals surface area contributed by atoms with Crippen LogP contribution in [-0.4, -0.2) is 45.5 Å². The minimum absolute atomic E-state index is 0.662. The van der Waals surface area contributed by atoms with E-state index in [2.05, 4.69) is 50.6 Å². The lowest BCUT2D eigenvalue weighted by Crippen LogP contribution is -2.38. The van der Waals surface area contributed by atoms with Gasteiger partial charge in [-0.3, -0.25) is 0 Å². The van der Waals surface area contributed by atoms with E-state index in [4.69, 9.17) is 9.47 Å². The molecule has 0 aliphatic carbocycles. The second-order valence-corrected chi connectivity index (χ2v) is 7.15. The van der Waals surface area contributed by atoms with Crippen molar-refractivity contribution in [3.05, 3.63) is 34.3 Å². The molecule has 1 aromatic rings. The van der Waals surface area contributed by atoms with Gasteiger partial charge in [-0.05, 0) is 49.8 Å². The second kappa shape index (κ2) is 12.3. The Labute approximate surface area is 159 Å². The zero-order chi connectivity index (χ0) is 17.7. The van der Waals surface area contributed by atoms with Crippen LogP contribution in [0.3, 0.4) is 0 Å². The largest absolute Gasteiger partial charge is 0.381 e. The quantitative estimate of drug-likeness (QED) is 0.371. The topological polar surface area (TPSA) is 54.9 Å². The van der Waals surface area contributed by atoms with Gasteiger partial charge in [0.25, 0.3) is 0 Å². The van der Waals surface area contributed by atoms with E-state index in [0.29, 0.717) is 12.5 Å². The number of benzene rings is 1. The lowest BCUT2D eigenvalue weighted by atomic mass is 10.0. The van der Waals surface area contributed by atoms with Gasteiger partial charge in [-0.25, -0.2) is 4.99 Å². The number of hydrogen-bond acceptors (Lipinski definition) is 3. The van der Waals surface area contributed by atoms with Crippen LogP contribution in [0.5, 0.6) is 0 Å². The summed E-state index contributed by atoms with van der Waals surface area (Å²) >= 11 is 3.49. The molecule has 0 unspecified atom stereocenters. The molecule has 1 aromatic carbocycles. The fraction of sp³-hybridized carbons (Fsp3) is 0.632. The molecule has 1 heterocycles. The van der Waals surface area contributed by atoms with Crippen LogP contribution in [0, 0.1) is 5.92 Å². The Hall–Kier alpha value is -1.11. The van der Waals surface area contributed by atoms with Gasteiger partial charge in [0, 0.05) is 44.0 Å². The molecule has 0 atom stereocenters. The maximum absolute atomic E-state index is 5.80. The standard InChI is InChI=1S/C19H30BrN3O2/c1-2-21-19(23-14-17-5-3-6-18(20)13-17)22-9-4-10-25-15-16-7-11-24-12-8-16/h3,5-6,13,16H,2,4,7-12,14-15H2,1H3,(H2,21,22,23). The third kappa shape index (κ3) is 8.70. The van der Waals surface area contributed by atoms with Gasteiger partial charge in [0.1, 0.15) is 0 Å². The van der Waals surface area contributed by atoms with E-state index in [9.17, 15) is 0 Å². The lowest BCUT2D eigenvalue weighted by Gasteiger charge is -2.21. The summed E-state index contributed by atoms with van der Waals surface area (Å²) in [5, 5.41) is 6.65. The van der Waals surface area contributed by atoms with Crippen molar-refractivity contribution in [3.63, 3.8) is 0 Å². The molecule has 0 spiro atoms. The molecule has 0 bridgehead atoms. The number of ether oxygens (including phenoxy) is 2. The molecule has 1 aliphatic rings. The van der Waals surface area contributed by atoms with Crippen LogP contribution in [0.15, 0.2) is 33.7 Å². The number of nitrogens with one attached hydrogen (secondary N) is 2. The first-order valence-electron chi connectivity index (χ1n) is 9.20. The van der Waals surface area contributed by atoms with Crippen LogP contribution in [0.2, 0.25) is 0 Å². The van der Waals surface area contributed by atoms with Crippen molar-refractivity contribution in [2.45, 2.75) is 32.7 Å². The fourth-order valence-corrected chi connectivity index (χ4v) is 3.14. The number of hydrogen-bond donors (Lipinski definition) is 2. The summed E-state index contributed by atoms with van der Waals surface area (Å²) in [4.78, 5) is 4.63. The van der Waals surface area contributed by atoms with Gasteiger partial charge in [-0.1, -0.05) is 28.1 Å². The third-order valence-electron chi connectivity index (χ3n) is 4.11. The number of aliphatic imine (C=N–C) groups is 1. The van der Waals surface area contributed by atoms with Crippen molar-refractivity contribution in [1.82, 2.24) is 10.6 Å². The van der Waals surface area contributed by atoms with Crippen LogP contribution in [0.1, 0.15) is 31.7 Å². The Kier molecular flexibility index (Phi) is 9.92. The van der Waals surface area contributed by atoms with Gasteiger partial charge in [0.05, 0.1) is 6.54 Å². The summed E-state index contributed by atoms with van der Waals surface area (Å²) in [6.45, 7) is 7.87. The van der Waals surface area contributed by atoms with Crippen LogP contribution in [0.25, 0.3) is 0 Å². The average Bonchev–Trinajstić information content (AvgIpc) is 2.63. The van der Waals surface area contributed by atoms with E-state index >= 15 is 0 Å². The summed E-state index contributed by atoms with van der Waals surface area (Å²) in [6, 6.07) is 8.24. The molecule has 1 saturated heterocycles. The van der Waals surface area contributed by atoms with E-state index in [1.165, 1.54) is 5.56 Å². The Bertz CT molecular complexity index is 519. The Balaban J connectivity index is 1.62. The molecule has 140 valence electrons. The zero-order valence-corrected chi connectivity index (χ0v) is 16.7. The highest BCUT2D eigenvalue weighted by Crippen LogP contribution is 2.14. The molecule has 0 amide bonds. The highest BCUT2D eigenvalue weighted by atomic mass is 79.9. The lowest BCUT2D eigenvalue weighted by molar-refractivity contribution is 0.0203. The van der Waals surface area contributed by atoms with Crippen LogP contribution >= 0.6 is 15.9 Å². The molecule has 0 saturated carbocycles. The Morgan fingerprint density at radius 2 is 2.16 bits per heavy atom. The minimum atomic E-state index is 0.662. The molecule has 2 rings (SSSR count). The van der Waals surface area contributed by atoms with Crippen molar-refractivity contribution in [3.8, 4) is 0 Å². The summed E-state index contributed by atoms with van der Waals surface area (Å²) in [7, 11) is 0. The van der Waals surface area contributed by atoms with Gasteiger partial charge < -0.3 is 20.1 Å². The molecule has 25 heavy (non-hydrogen) atoms. The summed E-state index contributed by atoms with van der Waals surface area (Å²) in [5.74, 6) is 1.53. The molecule has 1 fully saturated rings. The van der Waals surface area contributed by atoms with E-state index < -0.39 is 0 Å². The van der Waals surface area contributed by atoms with E-state index in [0.717, 1.165) is 69.2 Å².